The topological polar surface area (TPSA) is 58.6 Å². The van der Waals surface area contributed by atoms with Crippen molar-refractivity contribution in [1.82, 2.24) is 4.90 Å². The Labute approximate surface area is 174 Å². The van der Waals surface area contributed by atoms with E-state index in [1.165, 1.54) is 0 Å². The van der Waals surface area contributed by atoms with Gasteiger partial charge in [0.05, 0.1) is 16.1 Å². The number of likely N-dealkylation sites (tertiary alicyclic amines) is 1. The van der Waals surface area contributed by atoms with Gasteiger partial charge >= 0.3 is 6.18 Å². The number of rotatable bonds is 5. The van der Waals surface area contributed by atoms with Crippen LogP contribution in [0.15, 0.2) is 35.2 Å². The smallest absolute Gasteiger partial charge is 0.419 e. The molecule has 1 N–H and O–H groups in total. The number of hydrogen-bond acceptors (Lipinski definition) is 4. The van der Waals surface area contributed by atoms with E-state index in [1.54, 1.807) is 26.0 Å². The molecule has 2 aromatic carbocycles. The van der Waals surface area contributed by atoms with E-state index in [2.05, 4.69) is 4.72 Å². The Morgan fingerprint density at radius 1 is 1.10 bits per heavy atom. The van der Waals surface area contributed by atoms with Gasteiger partial charge in [0.1, 0.15) is 11.9 Å². The van der Waals surface area contributed by atoms with Gasteiger partial charge < -0.3 is 9.64 Å². The second-order valence-electron chi connectivity index (χ2n) is 7.83. The van der Waals surface area contributed by atoms with Crippen molar-refractivity contribution in [1.29, 1.82) is 0 Å². The van der Waals surface area contributed by atoms with Crippen molar-refractivity contribution in [3.8, 4) is 5.75 Å². The van der Waals surface area contributed by atoms with Crippen LogP contribution in [0.25, 0.3) is 0 Å². The molecule has 5 nitrogen and oxygen atoms in total. The fourth-order valence-electron chi connectivity index (χ4n) is 3.88. The highest BCUT2D eigenvalue weighted by Gasteiger charge is 2.36. The Morgan fingerprint density at radius 2 is 1.73 bits per heavy atom. The SMILES string of the molecule is Cc1cc(C)c(S(=O)(=O)Nc2ccc(C(F)(F)F)c(O[C@@H]3CCN(C)C3)c2)c(C)c1. The molecule has 3 rings (SSSR count). The van der Waals surface area contributed by atoms with E-state index < -0.39 is 21.8 Å². The molecule has 1 fully saturated rings. The fourth-order valence-corrected chi connectivity index (χ4v) is 5.39. The highest BCUT2D eigenvalue weighted by Crippen LogP contribution is 2.39. The van der Waals surface area contributed by atoms with Crippen LogP contribution < -0.4 is 9.46 Å². The minimum Gasteiger partial charge on any atom is -0.488 e. The summed E-state index contributed by atoms with van der Waals surface area (Å²) in [6.45, 7) is 6.47. The largest absolute Gasteiger partial charge is 0.488 e. The van der Waals surface area contributed by atoms with Crippen LogP contribution in [-0.2, 0) is 16.2 Å². The molecule has 1 atom stereocenters. The Morgan fingerprint density at radius 3 is 2.27 bits per heavy atom. The maximum absolute atomic E-state index is 13.4. The Bertz CT molecular complexity index is 1030. The minimum absolute atomic E-state index is 0.0173. The third-order valence-corrected chi connectivity index (χ3v) is 6.74. The highest BCUT2D eigenvalue weighted by atomic mass is 32.2. The molecule has 0 aliphatic carbocycles. The van der Waals surface area contributed by atoms with E-state index in [0.717, 1.165) is 30.3 Å². The summed E-state index contributed by atoms with van der Waals surface area (Å²) in [5.74, 6) is -0.375. The Hall–Kier alpha value is -2.26. The molecule has 2 aromatic rings. The Balaban J connectivity index is 1.95. The van der Waals surface area contributed by atoms with Crippen molar-refractivity contribution in [3.05, 3.63) is 52.6 Å². The monoisotopic (exact) mass is 442 g/mol. The summed E-state index contributed by atoms with van der Waals surface area (Å²) >= 11 is 0. The molecule has 0 aromatic heterocycles. The second kappa shape index (κ2) is 8.11. The van der Waals surface area contributed by atoms with E-state index >= 15 is 0 Å². The number of benzene rings is 2. The normalized spacial score (nSPS) is 17.9. The number of anilines is 1. The molecular weight excluding hydrogens is 417 g/mol. The fraction of sp³-hybridized carbons (Fsp3) is 0.429. The molecule has 1 saturated heterocycles. The van der Waals surface area contributed by atoms with Crippen molar-refractivity contribution < 1.29 is 26.3 Å². The maximum Gasteiger partial charge on any atom is 0.419 e. The zero-order valence-electron chi connectivity index (χ0n) is 17.3. The molecule has 0 spiro atoms. The number of sulfonamides is 1. The van der Waals surface area contributed by atoms with Crippen LogP contribution in [0, 0.1) is 20.8 Å². The summed E-state index contributed by atoms with van der Waals surface area (Å²) in [5.41, 5.74) is 1.15. The summed E-state index contributed by atoms with van der Waals surface area (Å²) in [7, 11) is -2.12. The van der Waals surface area contributed by atoms with Gasteiger partial charge in [-0.25, -0.2) is 8.42 Å². The number of aryl methyl sites for hydroxylation is 3. The zero-order valence-corrected chi connectivity index (χ0v) is 18.1. The molecule has 0 unspecified atom stereocenters. The zero-order chi connectivity index (χ0) is 22.3. The van der Waals surface area contributed by atoms with E-state index in [1.807, 2.05) is 18.9 Å². The van der Waals surface area contributed by atoms with Gasteiger partial charge in [-0.2, -0.15) is 13.2 Å². The minimum atomic E-state index is -4.61. The van der Waals surface area contributed by atoms with Crippen molar-refractivity contribution in [3.63, 3.8) is 0 Å². The molecule has 1 aliphatic heterocycles. The van der Waals surface area contributed by atoms with E-state index in [9.17, 15) is 21.6 Å². The molecule has 9 heteroatoms. The number of nitrogens with one attached hydrogen (secondary N) is 1. The van der Waals surface area contributed by atoms with Crippen LogP contribution >= 0.6 is 0 Å². The molecule has 164 valence electrons. The van der Waals surface area contributed by atoms with Crippen LogP contribution in [0.1, 0.15) is 28.7 Å². The molecule has 1 aliphatic rings. The summed E-state index contributed by atoms with van der Waals surface area (Å²) < 4.78 is 74.3. The van der Waals surface area contributed by atoms with E-state index in [4.69, 9.17) is 4.74 Å². The first-order chi connectivity index (χ1) is 13.9. The first-order valence-electron chi connectivity index (χ1n) is 9.54. The maximum atomic E-state index is 13.4. The van der Waals surface area contributed by atoms with Crippen molar-refractivity contribution in [2.24, 2.45) is 0 Å². The van der Waals surface area contributed by atoms with Gasteiger partial charge in [-0.3, -0.25) is 4.72 Å². The van der Waals surface area contributed by atoms with Gasteiger partial charge in [-0.05, 0) is 57.5 Å². The number of ether oxygens (including phenoxy) is 1. The lowest BCUT2D eigenvalue weighted by molar-refractivity contribution is -0.139. The lowest BCUT2D eigenvalue weighted by atomic mass is 10.1. The van der Waals surface area contributed by atoms with Crippen LogP contribution in [0.5, 0.6) is 5.75 Å². The van der Waals surface area contributed by atoms with Gasteiger partial charge in [-0.1, -0.05) is 17.7 Å². The van der Waals surface area contributed by atoms with E-state index in [0.29, 0.717) is 24.1 Å². The summed E-state index contributed by atoms with van der Waals surface area (Å²) in [6.07, 6.45) is -4.39. The second-order valence-corrected chi connectivity index (χ2v) is 9.45. The highest BCUT2D eigenvalue weighted by molar-refractivity contribution is 7.92. The average molecular weight is 443 g/mol. The van der Waals surface area contributed by atoms with Crippen molar-refractivity contribution in [2.45, 2.75) is 44.4 Å². The van der Waals surface area contributed by atoms with Crippen LogP contribution in [-0.4, -0.2) is 39.6 Å². The first kappa shape index (κ1) is 22.4. The molecule has 0 saturated carbocycles. The quantitative estimate of drug-likeness (QED) is 0.740. The molecule has 30 heavy (non-hydrogen) atoms. The number of alkyl halides is 3. The summed E-state index contributed by atoms with van der Waals surface area (Å²) in [6, 6.07) is 6.56. The molecule has 0 bridgehead atoms. The molecular formula is C21H25F3N2O3S. The lowest BCUT2D eigenvalue weighted by Crippen LogP contribution is -2.23. The Kier molecular flexibility index (Phi) is 6.06. The van der Waals surface area contributed by atoms with Gasteiger partial charge in [-0.15, -0.1) is 0 Å². The standard InChI is InChI=1S/C21H25F3N2O3S/c1-13-9-14(2)20(15(3)10-13)30(27,28)25-16-5-6-18(21(22,23)24)19(11-16)29-17-7-8-26(4)12-17/h5-6,9-11,17,25H,7-8,12H2,1-4H3/t17-/m1/s1. The molecule has 0 radical (unpaired) electrons. The van der Waals surface area contributed by atoms with Crippen LogP contribution in [0.4, 0.5) is 18.9 Å². The number of likely N-dealkylation sites (N-methyl/N-ethyl adjacent to an activating group) is 1. The van der Waals surface area contributed by atoms with Crippen molar-refractivity contribution in [2.75, 3.05) is 24.9 Å². The van der Waals surface area contributed by atoms with Crippen LogP contribution in [0.3, 0.4) is 0 Å². The summed E-state index contributed by atoms with van der Waals surface area (Å²) in [4.78, 5) is 2.08. The lowest BCUT2D eigenvalue weighted by Gasteiger charge is -2.20. The third-order valence-electron chi connectivity index (χ3n) is 5.05. The number of hydrogen-bond donors (Lipinski definition) is 1. The third kappa shape index (κ3) is 4.89. The van der Waals surface area contributed by atoms with Crippen molar-refractivity contribution >= 4 is 15.7 Å². The average Bonchev–Trinajstić information content (AvgIpc) is 2.97. The molecule has 1 heterocycles. The molecule has 0 amide bonds. The first-order valence-corrected chi connectivity index (χ1v) is 11.0. The van der Waals surface area contributed by atoms with Gasteiger partial charge in [0, 0.05) is 19.2 Å². The van der Waals surface area contributed by atoms with E-state index in [-0.39, 0.29) is 22.4 Å². The predicted molar refractivity (Wildman–Crippen MR) is 109 cm³/mol. The summed E-state index contributed by atoms with van der Waals surface area (Å²) in [5, 5.41) is 0. The predicted octanol–water partition coefficient (Wildman–Crippen LogP) is 4.51. The van der Waals surface area contributed by atoms with Gasteiger partial charge in [0.25, 0.3) is 10.0 Å². The van der Waals surface area contributed by atoms with Crippen LogP contribution in [0.2, 0.25) is 0 Å². The van der Waals surface area contributed by atoms with Gasteiger partial charge in [0.15, 0.2) is 0 Å². The number of halogens is 3. The number of nitrogens with zero attached hydrogens (tertiary/aromatic N) is 1. The van der Waals surface area contributed by atoms with Gasteiger partial charge in [0.2, 0.25) is 0 Å².